The molecule has 0 atom stereocenters. The van der Waals surface area contributed by atoms with Crippen molar-refractivity contribution < 1.29 is 14.2 Å². The summed E-state index contributed by atoms with van der Waals surface area (Å²) in [6, 6.07) is 5.13. The van der Waals surface area contributed by atoms with Gasteiger partial charge in [-0.15, -0.1) is 0 Å². The lowest BCUT2D eigenvalue weighted by Gasteiger charge is -2.09. The summed E-state index contributed by atoms with van der Waals surface area (Å²) in [7, 11) is 1.63. The molecular formula is C11H16ClNO3. The van der Waals surface area contributed by atoms with Gasteiger partial charge in [0.2, 0.25) is 0 Å². The van der Waals surface area contributed by atoms with Crippen molar-refractivity contribution in [1.29, 1.82) is 0 Å². The molecule has 0 saturated heterocycles. The number of hydrogen-bond acceptors (Lipinski definition) is 4. The van der Waals surface area contributed by atoms with Crippen LogP contribution in [0.5, 0.6) is 5.75 Å². The minimum absolute atomic E-state index is 0.454. The van der Waals surface area contributed by atoms with E-state index in [9.17, 15) is 0 Å². The maximum Gasteiger partial charge on any atom is 0.142 e. The summed E-state index contributed by atoms with van der Waals surface area (Å²) in [6.45, 7) is 2.11. The first kappa shape index (κ1) is 13.1. The Bertz CT molecular complexity index is 320. The molecule has 5 heteroatoms. The molecule has 0 fully saturated rings. The second-order valence-electron chi connectivity index (χ2n) is 3.14. The normalized spacial score (nSPS) is 10.4. The van der Waals surface area contributed by atoms with E-state index < -0.39 is 0 Å². The molecule has 0 aliphatic carbocycles. The van der Waals surface area contributed by atoms with Crippen LogP contribution in [0.25, 0.3) is 0 Å². The molecule has 0 saturated carbocycles. The van der Waals surface area contributed by atoms with Gasteiger partial charge in [-0.25, -0.2) is 0 Å². The second-order valence-corrected chi connectivity index (χ2v) is 3.57. The van der Waals surface area contributed by atoms with Crippen LogP contribution in [-0.4, -0.2) is 33.5 Å². The van der Waals surface area contributed by atoms with Gasteiger partial charge in [0.1, 0.15) is 12.4 Å². The van der Waals surface area contributed by atoms with Gasteiger partial charge in [-0.2, -0.15) is 0 Å². The molecule has 0 aliphatic rings. The Morgan fingerprint density at radius 1 is 1.19 bits per heavy atom. The van der Waals surface area contributed by atoms with Crippen LogP contribution in [0.2, 0.25) is 5.02 Å². The first-order chi connectivity index (χ1) is 7.74. The van der Waals surface area contributed by atoms with Gasteiger partial charge < -0.3 is 19.9 Å². The van der Waals surface area contributed by atoms with E-state index in [0.717, 1.165) is 0 Å². The van der Waals surface area contributed by atoms with Crippen molar-refractivity contribution >= 4 is 17.3 Å². The molecular weight excluding hydrogens is 230 g/mol. The van der Waals surface area contributed by atoms with Gasteiger partial charge >= 0.3 is 0 Å². The van der Waals surface area contributed by atoms with Gasteiger partial charge in [-0.1, -0.05) is 11.6 Å². The van der Waals surface area contributed by atoms with E-state index in [0.29, 0.717) is 42.9 Å². The molecule has 1 aromatic carbocycles. The largest absolute Gasteiger partial charge is 0.489 e. The summed E-state index contributed by atoms with van der Waals surface area (Å²) < 4.78 is 15.5. The average molecular weight is 246 g/mol. The minimum atomic E-state index is 0.454. The van der Waals surface area contributed by atoms with E-state index >= 15 is 0 Å². The maximum absolute atomic E-state index is 5.76. The number of ether oxygens (including phenoxy) is 3. The van der Waals surface area contributed by atoms with Crippen molar-refractivity contribution in [3.05, 3.63) is 23.2 Å². The number of benzene rings is 1. The summed E-state index contributed by atoms with van der Waals surface area (Å²) in [4.78, 5) is 0. The summed E-state index contributed by atoms with van der Waals surface area (Å²) in [5, 5.41) is 0.598. The minimum Gasteiger partial charge on any atom is -0.489 e. The Morgan fingerprint density at radius 2 is 1.94 bits per heavy atom. The first-order valence-electron chi connectivity index (χ1n) is 4.98. The quantitative estimate of drug-likeness (QED) is 0.589. The molecule has 0 heterocycles. The third kappa shape index (κ3) is 4.70. The van der Waals surface area contributed by atoms with Crippen LogP contribution in [0.4, 0.5) is 5.69 Å². The Kier molecular flexibility index (Phi) is 6.00. The predicted molar refractivity (Wildman–Crippen MR) is 64.1 cm³/mol. The summed E-state index contributed by atoms with van der Waals surface area (Å²) in [6.07, 6.45) is 0. The molecule has 0 amide bonds. The van der Waals surface area contributed by atoms with E-state index in [2.05, 4.69) is 0 Å². The molecule has 0 radical (unpaired) electrons. The Hall–Kier alpha value is -0.970. The van der Waals surface area contributed by atoms with Crippen molar-refractivity contribution in [3.63, 3.8) is 0 Å². The third-order valence-electron chi connectivity index (χ3n) is 1.89. The molecule has 90 valence electrons. The van der Waals surface area contributed by atoms with Gasteiger partial charge in [-0.3, -0.25) is 0 Å². The van der Waals surface area contributed by atoms with Gasteiger partial charge in [0.05, 0.1) is 25.5 Å². The number of hydrogen-bond donors (Lipinski definition) is 1. The van der Waals surface area contributed by atoms with E-state index in [1.165, 1.54) is 0 Å². The van der Waals surface area contributed by atoms with Crippen molar-refractivity contribution in [2.24, 2.45) is 0 Å². The number of halogens is 1. The van der Waals surface area contributed by atoms with Crippen LogP contribution in [0.15, 0.2) is 18.2 Å². The van der Waals surface area contributed by atoms with Crippen molar-refractivity contribution in [2.45, 2.75) is 0 Å². The third-order valence-corrected chi connectivity index (χ3v) is 2.12. The van der Waals surface area contributed by atoms with Gasteiger partial charge in [0.15, 0.2) is 0 Å². The van der Waals surface area contributed by atoms with Crippen LogP contribution in [-0.2, 0) is 9.47 Å². The maximum atomic E-state index is 5.76. The number of anilines is 1. The zero-order valence-electron chi connectivity index (χ0n) is 9.24. The zero-order valence-corrected chi connectivity index (χ0v) is 10.00. The van der Waals surface area contributed by atoms with Crippen molar-refractivity contribution in [1.82, 2.24) is 0 Å². The van der Waals surface area contributed by atoms with Gasteiger partial charge in [-0.05, 0) is 18.2 Å². The van der Waals surface area contributed by atoms with Crippen molar-refractivity contribution in [2.75, 3.05) is 39.3 Å². The highest BCUT2D eigenvalue weighted by atomic mass is 35.5. The highest BCUT2D eigenvalue weighted by molar-refractivity contribution is 6.30. The number of rotatable bonds is 7. The lowest BCUT2D eigenvalue weighted by Crippen LogP contribution is -2.10. The lowest BCUT2D eigenvalue weighted by molar-refractivity contribution is 0.0545. The highest BCUT2D eigenvalue weighted by Gasteiger charge is 2.00. The second kappa shape index (κ2) is 7.33. The molecule has 1 aromatic rings. The molecule has 1 rings (SSSR count). The molecule has 0 spiro atoms. The standard InChI is InChI=1S/C11H16ClNO3/c1-14-4-5-15-6-7-16-11-3-2-9(12)8-10(11)13/h2-3,8H,4-7,13H2,1H3. The van der Waals surface area contributed by atoms with Crippen LogP contribution in [0.1, 0.15) is 0 Å². The topological polar surface area (TPSA) is 53.7 Å². The summed E-state index contributed by atoms with van der Waals surface area (Å²) in [5.74, 6) is 0.625. The molecule has 0 bridgehead atoms. The van der Waals surface area contributed by atoms with Gasteiger partial charge in [0.25, 0.3) is 0 Å². The van der Waals surface area contributed by atoms with E-state index in [1.54, 1.807) is 25.3 Å². The van der Waals surface area contributed by atoms with Crippen LogP contribution < -0.4 is 10.5 Å². The number of nitrogen functional groups attached to an aromatic ring is 1. The smallest absolute Gasteiger partial charge is 0.142 e. The van der Waals surface area contributed by atoms with Crippen molar-refractivity contribution in [3.8, 4) is 5.75 Å². The number of nitrogens with two attached hydrogens (primary N) is 1. The predicted octanol–water partition coefficient (Wildman–Crippen LogP) is 1.96. The Morgan fingerprint density at radius 3 is 2.62 bits per heavy atom. The monoisotopic (exact) mass is 245 g/mol. The molecule has 2 N–H and O–H groups in total. The van der Waals surface area contributed by atoms with Crippen LogP contribution in [0, 0.1) is 0 Å². The summed E-state index contributed by atoms with van der Waals surface area (Å²) >= 11 is 5.76. The molecule has 16 heavy (non-hydrogen) atoms. The SMILES string of the molecule is COCCOCCOc1ccc(Cl)cc1N. The molecule has 4 nitrogen and oxygen atoms in total. The Balaban J connectivity index is 2.21. The molecule has 0 aliphatic heterocycles. The molecule has 0 unspecified atom stereocenters. The van der Waals surface area contributed by atoms with E-state index in [1.807, 2.05) is 0 Å². The highest BCUT2D eigenvalue weighted by Crippen LogP contribution is 2.24. The van der Waals surface area contributed by atoms with Crippen LogP contribution >= 0.6 is 11.6 Å². The average Bonchev–Trinajstić information content (AvgIpc) is 2.26. The summed E-state index contributed by atoms with van der Waals surface area (Å²) in [5.41, 5.74) is 6.25. The number of methoxy groups -OCH3 is 1. The Labute approximate surface area is 100 Å². The van der Waals surface area contributed by atoms with E-state index in [-0.39, 0.29) is 0 Å². The first-order valence-corrected chi connectivity index (χ1v) is 5.36. The van der Waals surface area contributed by atoms with Crippen LogP contribution in [0.3, 0.4) is 0 Å². The molecule has 0 aromatic heterocycles. The van der Waals surface area contributed by atoms with Gasteiger partial charge in [0, 0.05) is 12.1 Å². The fraction of sp³-hybridized carbons (Fsp3) is 0.455. The van der Waals surface area contributed by atoms with E-state index in [4.69, 9.17) is 31.5 Å². The fourth-order valence-electron chi connectivity index (χ4n) is 1.11. The lowest BCUT2D eigenvalue weighted by atomic mass is 10.3. The zero-order chi connectivity index (χ0) is 11.8. The fourth-order valence-corrected chi connectivity index (χ4v) is 1.29.